The largest absolute Gasteiger partial charge is 0.507 e. The van der Waals surface area contributed by atoms with Crippen molar-refractivity contribution in [3.05, 3.63) is 71.3 Å². The fourth-order valence-electron chi connectivity index (χ4n) is 2.33. The van der Waals surface area contributed by atoms with Gasteiger partial charge in [-0.25, -0.2) is 0 Å². The minimum atomic E-state index is -0.283. The lowest BCUT2D eigenvalue weighted by Crippen LogP contribution is -2.09. The molecule has 0 spiro atoms. The van der Waals surface area contributed by atoms with Crippen molar-refractivity contribution < 1.29 is 9.90 Å². The van der Waals surface area contributed by atoms with Crippen molar-refractivity contribution in [2.45, 2.75) is 5.92 Å². The third kappa shape index (κ3) is 1.63. The summed E-state index contributed by atoms with van der Waals surface area (Å²) < 4.78 is 0. The van der Waals surface area contributed by atoms with Gasteiger partial charge in [-0.3, -0.25) is 4.79 Å². The first-order valence-corrected chi connectivity index (χ1v) is 5.87. The molecule has 88 valence electrons. The standard InChI is InChI=1S/C16H12O2/c17-15-8-4-3-7-14(15)16(18)13-10-9-11-5-1-2-6-12(11)13/h1-10,13,17H. The molecule has 2 heteroatoms. The Kier molecular flexibility index (Phi) is 2.49. The van der Waals surface area contributed by atoms with Gasteiger partial charge >= 0.3 is 0 Å². The van der Waals surface area contributed by atoms with Crippen molar-refractivity contribution >= 4 is 11.9 Å². The number of carbonyl (C=O) groups is 1. The first-order valence-electron chi connectivity index (χ1n) is 5.87. The summed E-state index contributed by atoms with van der Waals surface area (Å²) in [4.78, 5) is 12.4. The fraction of sp³-hybridized carbons (Fsp3) is 0.0625. The van der Waals surface area contributed by atoms with E-state index in [4.69, 9.17) is 0 Å². The lowest BCUT2D eigenvalue weighted by molar-refractivity contribution is 0.0974. The molecule has 1 atom stereocenters. The molecular formula is C16H12O2. The molecule has 0 aromatic heterocycles. The first kappa shape index (κ1) is 10.8. The molecule has 2 aromatic rings. The third-order valence-corrected chi connectivity index (χ3v) is 3.25. The molecule has 0 aliphatic heterocycles. The summed E-state index contributed by atoms with van der Waals surface area (Å²) in [6.45, 7) is 0. The van der Waals surface area contributed by atoms with E-state index in [0.29, 0.717) is 5.56 Å². The summed E-state index contributed by atoms with van der Waals surface area (Å²) in [5.74, 6) is -0.302. The molecule has 1 aliphatic carbocycles. The van der Waals surface area contributed by atoms with E-state index in [2.05, 4.69) is 0 Å². The molecule has 0 fully saturated rings. The summed E-state index contributed by atoms with van der Waals surface area (Å²) in [5, 5.41) is 9.74. The molecule has 1 unspecified atom stereocenters. The van der Waals surface area contributed by atoms with Gasteiger partial charge in [0.25, 0.3) is 0 Å². The molecule has 1 N–H and O–H groups in total. The van der Waals surface area contributed by atoms with E-state index in [9.17, 15) is 9.90 Å². The molecular weight excluding hydrogens is 224 g/mol. The minimum absolute atomic E-state index is 0.0419. The van der Waals surface area contributed by atoms with E-state index in [-0.39, 0.29) is 17.5 Å². The van der Waals surface area contributed by atoms with Gasteiger partial charge in [-0.15, -0.1) is 0 Å². The van der Waals surface area contributed by atoms with Crippen LogP contribution in [0.5, 0.6) is 5.75 Å². The molecule has 0 bridgehead atoms. The van der Waals surface area contributed by atoms with E-state index >= 15 is 0 Å². The van der Waals surface area contributed by atoms with Crippen LogP contribution >= 0.6 is 0 Å². The van der Waals surface area contributed by atoms with E-state index in [1.54, 1.807) is 18.2 Å². The molecule has 1 aliphatic rings. The van der Waals surface area contributed by atoms with Gasteiger partial charge in [-0.1, -0.05) is 48.6 Å². The van der Waals surface area contributed by atoms with Gasteiger partial charge < -0.3 is 5.11 Å². The summed E-state index contributed by atoms with van der Waals surface area (Å²) in [6.07, 6.45) is 3.84. The van der Waals surface area contributed by atoms with Gasteiger partial charge in [0, 0.05) is 0 Å². The van der Waals surface area contributed by atoms with Crippen LogP contribution in [0.3, 0.4) is 0 Å². The van der Waals surface area contributed by atoms with Crippen molar-refractivity contribution in [1.82, 2.24) is 0 Å². The van der Waals surface area contributed by atoms with Gasteiger partial charge in [0.1, 0.15) is 5.75 Å². The number of allylic oxidation sites excluding steroid dienone is 1. The normalized spacial score (nSPS) is 16.6. The number of phenols is 1. The van der Waals surface area contributed by atoms with Crippen LogP contribution in [-0.4, -0.2) is 10.9 Å². The zero-order valence-corrected chi connectivity index (χ0v) is 9.71. The van der Waals surface area contributed by atoms with Gasteiger partial charge in [0.2, 0.25) is 0 Å². The highest BCUT2D eigenvalue weighted by Crippen LogP contribution is 2.34. The molecule has 2 nitrogen and oxygen atoms in total. The van der Waals surface area contributed by atoms with Gasteiger partial charge in [0.15, 0.2) is 5.78 Å². The van der Waals surface area contributed by atoms with Gasteiger partial charge in [-0.05, 0) is 23.3 Å². The minimum Gasteiger partial charge on any atom is -0.507 e. The quantitative estimate of drug-likeness (QED) is 0.811. The van der Waals surface area contributed by atoms with E-state index in [1.807, 2.05) is 36.4 Å². The number of carbonyl (C=O) groups excluding carboxylic acids is 1. The second-order valence-corrected chi connectivity index (χ2v) is 4.35. The average molecular weight is 236 g/mol. The number of benzene rings is 2. The zero-order chi connectivity index (χ0) is 12.5. The number of hydrogen-bond donors (Lipinski definition) is 1. The van der Waals surface area contributed by atoms with Crippen molar-refractivity contribution in [2.24, 2.45) is 0 Å². The average Bonchev–Trinajstić information content (AvgIpc) is 2.82. The number of aromatic hydroxyl groups is 1. The maximum atomic E-state index is 12.4. The van der Waals surface area contributed by atoms with Crippen LogP contribution in [0.2, 0.25) is 0 Å². The lowest BCUT2D eigenvalue weighted by atomic mass is 9.92. The zero-order valence-electron chi connectivity index (χ0n) is 9.71. The number of ketones is 1. The molecule has 2 aromatic carbocycles. The summed E-state index contributed by atoms with van der Waals surface area (Å²) in [6, 6.07) is 14.5. The van der Waals surface area contributed by atoms with Crippen molar-refractivity contribution in [2.75, 3.05) is 0 Å². The van der Waals surface area contributed by atoms with Crippen molar-refractivity contribution in [1.29, 1.82) is 0 Å². The number of para-hydroxylation sites is 1. The van der Waals surface area contributed by atoms with Gasteiger partial charge in [-0.2, -0.15) is 0 Å². The molecule has 0 saturated heterocycles. The van der Waals surface area contributed by atoms with E-state index in [1.165, 1.54) is 6.07 Å². The second-order valence-electron chi connectivity index (χ2n) is 4.35. The molecule has 0 saturated carbocycles. The topological polar surface area (TPSA) is 37.3 Å². The molecule has 0 heterocycles. The SMILES string of the molecule is O=C(c1ccccc1O)C1C=Cc2ccccc21. The van der Waals surface area contributed by atoms with Crippen LogP contribution in [0.15, 0.2) is 54.6 Å². The first-order chi connectivity index (χ1) is 8.77. The predicted octanol–water partition coefficient (Wildman–Crippen LogP) is 3.39. The van der Waals surface area contributed by atoms with Crippen LogP contribution in [0.4, 0.5) is 0 Å². The van der Waals surface area contributed by atoms with Gasteiger partial charge in [0.05, 0.1) is 11.5 Å². The number of rotatable bonds is 2. The Labute approximate surface area is 105 Å². The number of hydrogen-bond acceptors (Lipinski definition) is 2. The Bertz CT molecular complexity index is 641. The summed E-state index contributed by atoms with van der Waals surface area (Å²) >= 11 is 0. The Morgan fingerprint density at radius 1 is 1.00 bits per heavy atom. The smallest absolute Gasteiger partial charge is 0.177 e. The van der Waals surface area contributed by atoms with Crippen LogP contribution in [0.25, 0.3) is 6.08 Å². The summed E-state index contributed by atoms with van der Waals surface area (Å²) in [5.41, 5.74) is 2.46. The Morgan fingerprint density at radius 3 is 2.56 bits per heavy atom. The Hall–Kier alpha value is -2.35. The maximum absolute atomic E-state index is 12.4. The highest BCUT2D eigenvalue weighted by atomic mass is 16.3. The maximum Gasteiger partial charge on any atom is 0.177 e. The van der Waals surface area contributed by atoms with Crippen LogP contribution in [0, 0.1) is 0 Å². The second kappa shape index (κ2) is 4.15. The van der Waals surface area contributed by atoms with Crippen molar-refractivity contribution in [3.63, 3.8) is 0 Å². The lowest BCUT2D eigenvalue weighted by Gasteiger charge is -2.10. The van der Waals surface area contributed by atoms with Crippen LogP contribution in [-0.2, 0) is 0 Å². The molecule has 18 heavy (non-hydrogen) atoms. The van der Waals surface area contributed by atoms with E-state index < -0.39 is 0 Å². The molecule has 0 amide bonds. The number of phenolic OH excluding ortho intramolecular Hbond substituents is 1. The van der Waals surface area contributed by atoms with Crippen LogP contribution < -0.4 is 0 Å². The molecule has 0 radical (unpaired) electrons. The third-order valence-electron chi connectivity index (χ3n) is 3.25. The monoisotopic (exact) mass is 236 g/mol. The Balaban J connectivity index is 2.02. The summed E-state index contributed by atoms with van der Waals surface area (Å²) in [7, 11) is 0. The highest BCUT2D eigenvalue weighted by Gasteiger charge is 2.26. The fourth-order valence-corrected chi connectivity index (χ4v) is 2.33. The van der Waals surface area contributed by atoms with Crippen LogP contribution in [0.1, 0.15) is 27.4 Å². The predicted molar refractivity (Wildman–Crippen MR) is 70.7 cm³/mol. The Morgan fingerprint density at radius 2 is 1.72 bits per heavy atom. The molecule has 3 rings (SSSR count). The van der Waals surface area contributed by atoms with Crippen molar-refractivity contribution in [3.8, 4) is 5.75 Å². The van der Waals surface area contributed by atoms with E-state index in [0.717, 1.165) is 11.1 Å². The highest BCUT2D eigenvalue weighted by molar-refractivity contribution is 6.06. The number of fused-ring (bicyclic) bond motifs is 1. The number of Topliss-reactive ketones (excluding diaryl/α,β-unsaturated/α-hetero) is 1.